The number of aryl methyl sites for hydroxylation is 2. The summed E-state index contributed by atoms with van der Waals surface area (Å²) < 4.78 is 0. The molecule has 3 rings (SSSR count). The molecule has 100 valence electrons. The number of carbonyl (C=O) groups is 1. The summed E-state index contributed by atoms with van der Waals surface area (Å²) >= 11 is 1.58. The maximum Gasteiger partial charge on any atom is 0.355 e. The zero-order valence-electron chi connectivity index (χ0n) is 11.1. The first-order chi connectivity index (χ1) is 9.10. The summed E-state index contributed by atoms with van der Waals surface area (Å²) in [4.78, 5) is 22.3. The first-order valence-corrected chi connectivity index (χ1v) is 7.44. The van der Waals surface area contributed by atoms with Gasteiger partial charge in [0.2, 0.25) is 0 Å². The van der Waals surface area contributed by atoms with Crippen LogP contribution in [0.5, 0.6) is 0 Å². The molecule has 1 aliphatic rings. The number of fused-ring (bicyclic) bond motifs is 1. The van der Waals surface area contributed by atoms with Crippen molar-refractivity contribution in [1.82, 2.24) is 9.97 Å². The smallest absolute Gasteiger partial charge is 0.355 e. The number of aromatic nitrogens is 2. The van der Waals surface area contributed by atoms with Crippen LogP contribution in [0.25, 0.3) is 10.2 Å². The molecule has 0 atom stereocenters. The van der Waals surface area contributed by atoms with Gasteiger partial charge in [-0.2, -0.15) is 0 Å². The van der Waals surface area contributed by atoms with Crippen LogP contribution in [0, 0.1) is 12.8 Å². The van der Waals surface area contributed by atoms with Crippen LogP contribution in [0.1, 0.15) is 46.5 Å². The Balaban J connectivity index is 2.21. The predicted molar refractivity (Wildman–Crippen MR) is 74.9 cm³/mol. The van der Waals surface area contributed by atoms with E-state index in [1.165, 1.54) is 12.8 Å². The minimum Gasteiger partial charge on any atom is -0.476 e. The monoisotopic (exact) mass is 276 g/mol. The van der Waals surface area contributed by atoms with Crippen LogP contribution in [-0.4, -0.2) is 21.0 Å². The topological polar surface area (TPSA) is 63.1 Å². The third-order valence-corrected chi connectivity index (χ3v) is 4.66. The van der Waals surface area contributed by atoms with Crippen molar-refractivity contribution in [2.45, 2.75) is 39.5 Å². The average molecular weight is 276 g/mol. The van der Waals surface area contributed by atoms with E-state index in [0.29, 0.717) is 11.7 Å². The quantitative estimate of drug-likeness (QED) is 0.931. The van der Waals surface area contributed by atoms with Crippen molar-refractivity contribution >= 4 is 27.5 Å². The van der Waals surface area contributed by atoms with Crippen molar-refractivity contribution in [2.24, 2.45) is 5.92 Å². The van der Waals surface area contributed by atoms with Crippen molar-refractivity contribution in [3.63, 3.8) is 0 Å². The van der Waals surface area contributed by atoms with E-state index in [1.54, 1.807) is 11.3 Å². The Bertz CT molecular complexity index is 659. The largest absolute Gasteiger partial charge is 0.476 e. The Labute approximate surface area is 115 Å². The Hall–Kier alpha value is -1.49. The van der Waals surface area contributed by atoms with E-state index in [1.807, 2.05) is 13.8 Å². The van der Waals surface area contributed by atoms with Gasteiger partial charge in [0.1, 0.15) is 10.7 Å². The van der Waals surface area contributed by atoms with Crippen molar-refractivity contribution < 1.29 is 9.90 Å². The molecule has 0 aromatic carbocycles. The summed E-state index contributed by atoms with van der Waals surface area (Å²) in [6.07, 6.45) is 4.06. The van der Waals surface area contributed by atoms with Crippen molar-refractivity contribution in [2.75, 3.05) is 0 Å². The zero-order valence-corrected chi connectivity index (χ0v) is 11.9. The molecule has 0 amide bonds. The molecule has 2 heterocycles. The van der Waals surface area contributed by atoms with Crippen molar-refractivity contribution in [3.05, 3.63) is 22.0 Å². The van der Waals surface area contributed by atoms with Crippen LogP contribution in [0.2, 0.25) is 0 Å². The maximum atomic E-state index is 11.5. The van der Waals surface area contributed by atoms with E-state index in [2.05, 4.69) is 9.97 Å². The fraction of sp³-hybridized carbons (Fsp3) is 0.500. The highest BCUT2D eigenvalue weighted by Gasteiger charge is 2.25. The van der Waals surface area contributed by atoms with E-state index in [4.69, 9.17) is 0 Å². The van der Waals surface area contributed by atoms with Crippen molar-refractivity contribution in [3.8, 4) is 0 Å². The highest BCUT2D eigenvalue weighted by atomic mass is 32.1. The second-order valence-corrected chi connectivity index (χ2v) is 6.31. The first kappa shape index (κ1) is 12.5. The molecule has 5 heteroatoms. The van der Waals surface area contributed by atoms with Gasteiger partial charge >= 0.3 is 5.97 Å². The summed E-state index contributed by atoms with van der Waals surface area (Å²) in [5.41, 5.74) is 1.26. The lowest BCUT2D eigenvalue weighted by Gasteiger charge is -2.04. The molecular weight excluding hydrogens is 260 g/mol. The average Bonchev–Trinajstić information content (AvgIpc) is 3.09. The molecule has 0 bridgehead atoms. The lowest BCUT2D eigenvalue weighted by Crippen LogP contribution is -2.07. The van der Waals surface area contributed by atoms with Crippen LogP contribution in [0.3, 0.4) is 0 Å². The van der Waals surface area contributed by atoms with Gasteiger partial charge in [0.15, 0.2) is 5.69 Å². The molecule has 0 spiro atoms. The van der Waals surface area contributed by atoms with Crippen molar-refractivity contribution in [1.29, 1.82) is 0 Å². The predicted octanol–water partition coefficient (Wildman–Crippen LogP) is 3.21. The van der Waals surface area contributed by atoms with Crippen LogP contribution in [0.4, 0.5) is 0 Å². The first-order valence-electron chi connectivity index (χ1n) is 6.62. The number of carboxylic acid groups (broad SMARTS) is 1. The Kier molecular flexibility index (Phi) is 3.01. The van der Waals surface area contributed by atoms with Gasteiger partial charge in [0.05, 0.1) is 0 Å². The molecule has 0 aliphatic heterocycles. The van der Waals surface area contributed by atoms with E-state index >= 15 is 0 Å². The molecular formula is C14H16N2O2S. The molecule has 1 N–H and O–H groups in total. The molecule has 4 nitrogen and oxygen atoms in total. The van der Waals surface area contributed by atoms with Gasteiger partial charge in [-0.3, -0.25) is 0 Å². The summed E-state index contributed by atoms with van der Waals surface area (Å²) in [6.45, 7) is 4.07. The number of aromatic carboxylic acids is 1. The van der Waals surface area contributed by atoms with Gasteiger partial charge in [-0.1, -0.05) is 6.92 Å². The van der Waals surface area contributed by atoms with Crippen LogP contribution in [-0.2, 0) is 12.8 Å². The number of nitrogens with zero attached hydrogens (tertiary/aromatic N) is 2. The molecule has 2 aromatic heterocycles. The minimum atomic E-state index is -0.947. The second-order valence-electron chi connectivity index (χ2n) is 5.11. The van der Waals surface area contributed by atoms with Gasteiger partial charge in [0.25, 0.3) is 0 Å². The summed E-state index contributed by atoms with van der Waals surface area (Å²) in [7, 11) is 0. The summed E-state index contributed by atoms with van der Waals surface area (Å²) in [5, 5.41) is 10.1. The molecule has 1 fully saturated rings. The van der Waals surface area contributed by atoms with Crippen LogP contribution in [0.15, 0.2) is 0 Å². The molecule has 0 radical (unpaired) electrons. The molecule has 2 aromatic rings. The summed E-state index contributed by atoms with van der Waals surface area (Å²) in [6, 6.07) is 0. The molecule has 1 saturated carbocycles. The van der Waals surface area contributed by atoms with E-state index in [9.17, 15) is 9.90 Å². The fourth-order valence-electron chi connectivity index (χ4n) is 2.46. The van der Waals surface area contributed by atoms with E-state index in [0.717, 1.165) is 33.5 Å². The fourth-order valence-corrected chi connectivity index (χ4v) is 3.60. The normalized spacial score (nSPS) is 15.1. The number of thiophene rings is 1. The Morgan fingerprint density at radius 1 is 1.42 bits per heavy atom. The molecule has 0 saturated heterocycles. The lowest BCUT2D eigenvalue weighted by atomic mass is 10.1. The third kappa shape index (κ3) is 2.23. The Morgan fingerprint density at radius 2 is 2.16 bits per heavy atom. The number of hydrogen-bond donors (Lipinski definition) is 1. The SMILES string of the molecule is CCc1c(C)sc2nc(CC3CC3)nc(C(=O)O)c12. The highest BCUT2D eigenvalue weighted by molar-refractivity contribution is 7.18. The third-order valence-electron chi connectivity index (χ3n) is 3.62. The number of hydrogen-bond acceptors (Lipinski definition) is 4. The molecule has 0 unspecified atom stereocenters. The van der Waals surface area contributed by atoms with Gasteiger partial charge in [-0.15, -0.1) is 11.3 Å². The standard InChI is InChI=1S/C14H16N2O2S/c1-3-9-7(2)19-13-11(9)12(14(17)18)15-10(16-13)6-8-4-5-8/h8H,3-6H2,1-2H3,(H,17,18). The Morgan fingerprint density at radius 3 is 2.74 bits per heavy atom. The zero-order chi connectivity index (χ0) is 13.6. The number of carboxylic acids is 1. The van der Waals surface area contributed by atoms with Gasteiger partial charge in [-0.25, -0.2) is 14.8 Å². The summed E-state index contributed by atoms with van der Waals surface area (Å²) in [5.74, 6) is 0.402. The van der Waals surface area contributed by atoms with Crippen LogP contribution < -0.4 is 0 Å². The maximum absolute atomic E-state index is 11.5. The second kappa shape index (κ2) is 4.56. The van der Waals surface area contributed by atoms with E-state index in [-0.39, 0.29) is 5.69 Å². The number of rotatable bonds is 4. The highest BCUT2D eigenvalue weighted by Crippen LogP contribution is 2.35. The van der Waals surface area contributed by atoms with E-state index < -0.39 is 5.97 Å². The lowest BCUT2D eigenvalue weighted by molar-refractivity contribution is 0.0692. The van der Waals surface area contributed by atoms with Gasteiger partial charge in [0, 0.05) is 16.7 Å². The van der Waals surface area contributed by atoms with Gasteiger partial charge in [-0.05, 0) is 37.7 Å². The minimum absolute atomic E-state index is 0.182. The van der Waals surface area contributed by atoms with Crippen LogP contribution >= 0.6 is 11.3 Å². The van der Waals surface area contributed by atoms with Gasteiger partial charge < -0.3 is 5.11 Å². The molecule has 19 heavy (non-hydrogen) atoms. The molecule has 1 aliphatic carbocycles.